The van der Waals surface area contributed by atoms with Crippen LogP contribution < -0.4 is 20.7 Å². The van der Waals surface area contributed by atoms with Gasteiger partial charge in [0.05, 0.1) is 25.9 Å². The number of anilines is 1. The molecule has 0 saturated carbocycles. The normalized spacial score (nSPS) is 21.6. The van der Waals surface area contributed by atoms with E-state index in [4.69, 9.17) is 9.47 Å². The zero-order valence-corrected chi connectivity index (χ0v) is 15.2. The molecule has 0 bridgehead atoms. The Bertz CT molecular complexity index is 724. The molecule has 3 unspecified atom stereocenters. The minimum atomic E-state index is -0.694. The van der Waals surface area contributed by atoms with Crippen LogP contribution in [0, 0.1) is 0 Å². The number of para-hydroxylation sites is 1. The number of aliphatic hydroxyl groups is 1. The smallest absolute Gasteiger partial charge is 0.319 e. The van der Waals surface area contributed by atoms with Crippen molar-refractivity contribution in [3.8, 4) is 5.75 Å². The number of amides is 2. The average molecular weight is 371 g/mol. The summed E-state index contributed by atoms with van der Waals surface area (Å²) in [6, 6.07) is 16.4. The van der Waals surface area contributed by atoms with E-state index in [1.807, 2.05) is 42.5 Å². The maximum Gasteiger partial charge on any atom is 0.319 e. The standard InChI is InChI=1S/C20H25N3O4/c1-26-16-9-7-14(8-10-16)11-21-17-13-27-18(19(17)24)12-22-20(25)23-15-5-3-2-4-6-15/h2-10,17-19,21,24H,11-13H2,1H3,(H2,22,23,25). The molecule has 0 spiro atoms. The van der Waals surface area contributed by atoms with Gasteiger partial charge >= 0.3 is 6.03 Å². The maximum absolute atomic E-state index is 11.9. The Hall–Kier alpha value is -2.61. The Morgan fingerprint density at radius 1 is 1.19 bits per heavy atom. The lowest BCUT2D eigenvalue weighted by atomic mass is 10.1. The van der Waals surface area contributed by atoms with E-state index in [9.17, 15) is 9.90 Å². The fourth-order valence-electron chi connectivity index (χ4n) is 2.93. The molecule has 0 aromatic heterocycles. The van der Waals surface area contributed by atoms with Crippen molar-refractivity contribution in [2.75, 3.05) is 25.6 Å². The average Bonchev–Trinajstić information content (AvgIpc) is 3.05. The summed E-state index contributed by atoms with van der Waals surface area (Å²) in [5.41, 5.74) is 1.80. The second-order valence-electron chi connectivity index (χ2n) is 6.40. The van der Waals surface area contributed by atoms with Gasteiger partial charge in [-0.1, -0.05) is 30.3 Å². The largest absolute Gasteiger partial charge is 0.497 e. The van der Waals surface area contributed by atoms with E-state index in [1.54, 1.807) is 19.2 Å². The molecule has 1 fully saturated rings. The molecule has 7 heteroatoms. The van der Waals surface area contributed by atoms with Gasteiger partial charge in [0.2, 0.25) is 0 Å². The number of ether oxygens (including phenoxy) is 2. The number of aliphatic hydroxyl groups excluding tert-OH is 1. The monoisotopic (exact) mass is 371 g/mol. The zero-order valence-electron chi connectivity index (χ0n) is 15.2. The first-order valence-electron chi connectivity index (χ1n) is 8.91. The van der Waals surface area contributed by atoms with E-state index in [1.165, 1.54) is 0 Å². The summed E-state index contributed by atoms with van der Waals surface area (Å²) in [7, 11) is 1.63. The maximum atomic E-state index is 11.9. The summed E-state index contributed by atoms with van der Waals surface area (Å²) in [5, 5.41) is 19.2. The van der Waals surface area contributed by atoms with Crippen LogP contribution in [0.25, 0.3) is 0 Å². The predicted octanol–water partition coefficient (Wildman–Crippen LogP) is 1.73. The minimum Gasteiger partial charge on any atom is -0.497 e. The lowest BCUT2D eigenvalue weighted by Gasteiger charge is -2.19. The number of methoxy groups -OCH3 is 1. The second kappa shape index (κ2) is 9.36. The summed E-state index contributed by atoms with van der Waals surface area (Å²) < 4.78 is 10.8. The van der Waals surface area contributed by atoms with Gasteiger partial charge in [-0.15, -0.1) is 0 Å². The molecule has 0 aliphatic carbocycles. The van der Waals surface area contributed by atoms with Crippen LogP contribution in [0.1, 0.15) is 5.56 Å². The number of urea groups is 1. The van der Waals surface area contributed by atoms with Gasteiger partial charge in [-0.2, -0.15) is 0 Å². The van der Waals surface area contributed by atoms with Gasteiger partial charge in [0.15, 0.2) is 0 Å². The van der Waals surface area contributed by atoms with Crippen LogP contribution in [0.15, 0.2) is 54.6 Å². The van der Waals surface area contributed by atoms with Crippen LogP contribution >= 0.6 is 0 Å². The van der Waals surface area contributed by atoms with E-state index in [0.717, 1.165) is 11.3 Å². The molecule has 1 heterocycles. The van der Waals surface area contributed by atoms with Crippen molar-refractivity contribution in [2.24, 2.45) is 0 Å². The predicted molar refractivity (Wildman–Crippen MR) is 103 cm³/mol. The molecule has 4 N–H and O–H groups in total. The number of carbonyl (C=O) groups excluding carboxylic acids is 1. The van der Waals surface area contributed by atoms with Crippen LogP contribution in [0.4, 0.5) is 10.5 Å². The Kier molecular flexibility index (Phi) is 6.64. The molecule has 1 aliphatic rings. The number of hydrogen-bond acceptors (Lipinski definition) is 5. The molecule has 27 heavy (non-hydrogen) atoms. The highest BCUT2D eigenvalue weighted by atomic mass is 16.5. The van der Waals surface area contributed by atoms with Gasteiger partial charge in [0, 0.05) is 18.8 Å². The van der Waals surface area contributed by atoms with Gasteiger partial charge in [-0.05, 0) is 29.8 Å². The first kappa shape index (κ1) is 19.2. The van der Waals surface area contributed by atoms with E-state index in [0.29, 0.717) is 18.8 Å². The van der Waals surface area contributed by atoms with Crippen molar-refractivity contribution in [3.63, 3.8) is 0 Å². The Labute approximate surface area is 158 Å². The molecule has 7 nitrogen and oxygen atoms in total. The van der Waals surface area contributed by atoms with Crippen molar-refractivity contribution in [3.05, 3.63) is 60.2 Å². The van der Waals surface area contributed by atoms with Gasteiger partial charge in [-0.3, -0.25) is 0 Å². The molecular formula is C20H25N3O4. The number of carbonyl (C=O) groups is 1. The van der Waals surface area contributed by atoms with Crippen molar-refractivity contribution < 1.29 is 19.4 Å². The number of hydrogen-bond donors (Lipinski definition) is 4. The van der Waals surface area contributed by atoms with Crippen molar-refractivity contribution in [1.82, 2.24) is 10.6 Å². The third kappa shape index (κ3) is 5.43. The summed E-state index contributed by atoms with van der Waals surface area (Å²) in [6.07, 6.45) is -1.14. The second-order valence-corrected chi connectivity index (χ2v) is 6.40. The molecular weight excluding hydrogens is 346 g/mol. The summed E-state index contributed by atoms with van der Waals surface area (Å²) in [4.78, 5) is 11.9. The highest BCUT2D eigenvalue weighted by Crippen LogP contribution is 2.16. The number of benzene rings is 2. The molecule has 2 amide bonds. The zero-order chi connectivity index (χ0) is 19.1. The van der Waals surface area contributed by atoms with Gasteiger partial charge in [0.1, 0.15) is 11.9 Å². The first-order chi connectivity index (χ1) is 13.2. The molecule has 3 rings (SSSR count). The molecule has 1 aliphatic heterocycles. The van der Waals surface area contributed by atoms with Crippen LogP contribution in [0.3, 0.4) is 0 Å². The number of rotatable bonds is 7. The topological polar surface area (TPSA) is 91.8 Å². The van der Waals surface area contributed by atoms with Crippen molar-refractivity contribution in [1.29, 1.82) is 0 Å². The van der Waals surface area contributed by atoms with E-state index < -0.39 is 12.2 Å². The quantitative estimate of drug-likeness (QED) is 0.595. The highest BCUT2D eigenvalue weighted by Gasteiger charge is 2.35. The third-order valence-corrected chi connectivity index (χ3v) is 4.51. The molecule has 0 radical (unpaired) electrons. The molecule has 144 valence electrons. The SMILES string of the molecule is COc1ccc(CNC2COC(CNC(=O)Nc3ccccc3)C2O)cc1. The Balaban J connectivity index is 1.41. The van der Waals surface area contributed by atoms with E-state index in [2.05, 4.69) is 16.0 Å². The minimum absolute atomic E-state index is 0.184. The van der Waals surface area contributed by atoms with E-state index >= 15 is 0 Å². The van der Waals surface area contributed by atoms with Crippen molar-refractivity contribution in [2.45, 2.75) is 24.8 Å². The lowest BCUT2D eigenvalue weighted by molar-refractivity contribution is 0.0428. The van der Waals surface area contributed by atoms with Crippen LogP contribution in [0.5, 0.6) is 5.75 Å². The van der Waals surface area contributed by atoms with Crippen molar-refractivity contribution >= 4 is 11.7 Å². The fraction of sp³-hybridized carbons (Fsp3) is 0.350. The Morgan fingerprint density at radius 3 is 2.63 bits per heavy atom. The third-order valence-electron chi connectivity index (χ3n) is 4.51. The number of nitrogens with one attached hydrogen (secondary N) is 3. The van der Waals surface area contributed by atoms with Gasteiger partial charge < -0.3 is 30.5 Å². The molecule has 1 saturated heterocycles. The summed E-state index contributed by atoms with van der Waals surface area (Å²) in [6.45, 7) is 1.24. The van der Waals surface area contributed by atoms with Crippen LogP contribution in [0.2, 0.25) is 0 Å². The highest BCUT2D eigenvalue weighted by molar-refractivity contribution is 5.89. The van der Waals surface area contributed by atoms with E-state index in [-0.39, 0.29) is 18.6 Å². The molecule has 3 atom stereocenters. The molecule has 2 aromatic carbocycles. The van der Waals surface area contributed by atoms with Gasteiger partial charge in [-0.25, -0.2) is 4.79 Å². The summed E-state index contributed by atoms with van der Waals surface area (Å²) in [5.74, 6) is 0.808. The first-order valence-corrected chi connectivity index (χ1v) is 8.91. The Morgan fingerprint density at radius 2 is 1.93 bits per heavy atom. The lowest BCUT2D eigenvalue weighted by Crippen LogP contribution is -2.45. The van der Waals surface area contributed by atoms with Crippen LogP contribution in [-0.2, 0) is 11.3 Å². The fourth-order valence-corrected chi connectivity index (χ4v) is 2.93. The van der Waals surface area contributed by atoms with Gasteiger partial charge in [0.25, 0.3) is 0 Å². The van der Waals surface area contributed by atoms with Crippen LogP contribution in [-0.4, -0.2) is 49.6 Å². The molecule has 2 aromatic rings. The summed E-state index contributed by atoms with van der Waals surface area (Å²) >= 11 is 0.